The second-order valence-corrected chi connectivity index (χ2v) is 6.10. The monoisotopic (exact) mass is 287 g/mol. The Hall–Kier alpha value is -2.41. The molecule has 1 heterocycles. The lowest BCUT2D eigenvalue weighted by molar-refractivity contribution is 0.646. The Bertz CT molecular complexity index is 727. The average molecular weight is 287 g/mol. The molecule has 22 heavy (non-hydrogen) atoms. The summed E-state index contributed by atoms with van der Waals surface area (Å²) < 4.78 is 0. The van der Waals surface area contributed by atoms with Gasteiger partial charge in [-0.1, -0.05) is 68.4 Å². The molecule has 0 aliphatic carbocycles. The summed E-state index contributed by atoms with van der Waals surface area (Å²) in [6.07, 6.45) is 3.09. The smallest absolute Gasteiger partial charge is 0.0702 e. The number of hydrogen-bond donors (Lipinski definition) is 0. The quantitative estimate of drug-likeness (QED) is 0.607. The third kappa shape index (κ3) is 3.43. The number of benzene rings is 2. The van der Waals surface area contributed by atoms with Gasteiger partial charge in [0.05, 0.1) is 5.69 Å². The number of aromatic nitrogens is 1. The first kappa shape index (κ1) is 14.5. The highest BCUT2D eigenvalue weighted by molar-refractivity contribution is 5.71. The fourth-order valence-electron chi connectivity index (χ4n) is 2.68. The van der Waals surface area contributed by atoms with Crippen LogP contribution in [0.5, 0.6) is 0 Å². The Balaban J connectivity index is 1.89. The number of nitrogens with zero attached hydrogens (tertiary/aromatic N) is 1. The van der Waals surface area contributed by atoms with Crippen LogP contribution in [0.3, 0.4) is 0 Å². The van der Waals surface area contributed by atoms with Crippen LogP contribution in [0.1, 0.15) is 19.4 Å². The third-order valence-electron chi connectivity index (χ3n) is 3.73. The van der Waals surface area contributed by atoms with E-state index in [-0.39, 0.29) is 0 Å². The zero-order chi connectivity index (χ0) is 15.4. The van der Waals surface area contributed by atoms with Gasteiger partial charge in [-0.25, -0.2) is 0 Å². The summed E-state index contributed by atoms with van der Waals surface area (Å²) >= 11 is 0. The normalized spacial score (nSPS) is 10.9. The molecule has 0 saturated carbocycles. The number of rotatable bonds is 4. The lowest BCUT2D eigenvalue weighted by atomic mass is 10.0. The largest absolute Gasteiger partial charge is 0.256 e. The van der Waals surface area contributed by atoms with E-state index in [1.54, 1.807) is 0 Å². The van der Waals surface area contributed by atoms with Gasteiger partial charge in [-0.05, 0) is 41.2 Å². The van der Waals surface area contributed by atoms with Crippen LogP contribution in [0, 0.1) is 5.92 Å². The minimum Gasteiger partial charge on any atom is -0.256 e. The molecule has 0 saturated heterocycles. The Labute approximate surface area is 132 Å². The minimum absolute atomic E-state index is 0.661. The summed E-state index contributed by atoms with van der Waals surface area (Å²) in [6, 6.07) is 23.4. The molecule has 0 amide bonds. The lowest BCUT2D eigenvalue weighted by Crippen LogP contribution is -1.95. The zero-order valence-electron chi connectivity index (χ0n) is 13.2. The maximum Gasteiger partial charge on any atom is 0.0702 e. The zero-order valence-corrected chi connectivity index (χ0v) is 13.2. The molecule has 3 rings (SSSR count). The SMILES string of the molecule is CC(C)Cc1ccc(-c2cccc(-c3ccccc3)c2)nc1. The van der Waals surface area contributed by atoms with Crippen molar-refractivity contribution in [2.75, 3.05) is 0 Å². The fraction of sp³-hybridized carbons (Fsp3) is 0.190. The summed E-state index contributed by atoms with van der Waals surface area (Å²) in [5.41, 5.74) is 5.97. The van der Waals surface area contributed by atoms with E-state index >= 15 is 0 Å². The highest BCUT2D eigenvalue weighted by atomic mass is 14.7. The molecule has 0 aliphatic rings. The van der Waals surface area contributed by atoms with Gasteiger partial charge in [0.2, 0.25) is 0 Å². The van der Waals surface area contributed by atoms with Crippen molar-refractivity contribution < 1.29 is 0 Å². The molecule has 0 aliphatic heterocycles. The van der Waals surface area contributed by atoms with Crippen molar-refractivity contribution >= 4 is 0 Å². The molecule has 110 valence electrons. The van der Waals surface area contributed by atoms with E-state index in [1.807, 2.05) is 12.3 Å². The summed E-state index contributed by atoms with van der Waals surface area (Å²) in [5, 5.41) is 0. The van der Waals surface area contributed by atoms with E-state index in [0.29, 0.717) is 5.92 Å². The molecule has 0 N–H and O–H groups in total. The Morgan fingerprint density at radius 3 is 2.18 bits per heavy atom. The van der Waals surface area contributed by atoms with E-state index in [9.17, 15) is 0 Å². The van der Waals surface area contributed by atoms with Gasteiger partial charge in [0.1, 0.15) is 0 Å². The molecule has 0 fully saturated rings. The molecule has 1 aromatic heterocycles. The molecule has 0 bridgehead atoms. The Kier molecular flexibility index (Phi) is 4.34. The van der Waals surface area contributed by atoms with Crippen molar-refractivity contribution in [1.82, 2.24) is 4.98 Å². The van der Waals surface area contributed by atoms with Gasteiger partial charge in [-0.2, -0.15) is 0 Å². The van der Waals surface area contributed by atoms with Crippen molar-refractivity contribution in [1.29, 1.82) is 0 Å². The van der Waals surface area contributed by atoms with Crippen molar-refractivity contribution in [3.05, 3.63) is 78.5 Å². The summed E-state index contributed by atoms with van der Waals surface area (Å²) in [7, 11) is 0. The summed E-state index contributed by atoms with van der Waals surface area (Å²) in [6.45, 7) is 4.47. The maximum absolute atomic E-state index is 4.64. The number of hydrogen-bond acceptors (Lipinski definition) is 1. The topological polar surface area (TPSA) is 12.9 Å². The lowest BCUT2D eigenvalue weighted by Gasteiger charge is -2.08. The van der Waals surface area contributed by atoms with Crippen molar-refractivity contribution in [2.45, 2.75) is 20.3 Å². The first-order chi connectivity index (χ1) is 10.7. The first-order valence-electron chi connectivity index (χ1n) is 7.83. The first-order valence-corrected chi connectivity index (χ1v) is 7.83. The maximum atomic E-state index is 4.64. The van der Waals surface area contributed by atoms with Crippen LogP contribution in [0.15, 0.2) is 72.9 Å². The molecule has 0 atom stereocenters. The fourth-order valence-corrected chi connectivity index (χ4v) is 2.68. The molecular formula is C21H21N. The number of pyridine rings is 1. The van der Waals surface area contributed by atoms with Crippen LogP contribution >= 0.6 is 0 Å². The molecule has 2 aromatic carbocycles. The van der Waals surface area contributed by atoms with Gasteiger partial charge in [0, 0.05) is 11.8 Å². The second kappa shape index (κ2) is 6.57. The van der Waals surface area contributed by atoms with E-state index in [0.717, 1.165) is 17.7 Å². The minimum atomic E-state index is 0.661. The standard InChI is InChI=1S/C21H21N/c1-16(2)13-17-11-12-21(22-15-17)20-10-6-9-19(14-20)18-7-4-3-5-8-18/h3-12,14-16H,13H2,1-2H3. The van der Waals surface area contributed by atoms with Crippen molar-refractivity contribution in [3.8, 4) is 22.4 Å². The van der Waals surface area contributed by atoms with E-state index in [2.05, 4.69) is 79.5 Å². The van der Waals surface area contributed by atoms with Gasteiger partial charge in [0.25, 0.3) is 0 Å². The van der Waals surface area contributed by atoms with Gasteiger partial charge in [0.15, 0.2) is 0 Å². The van der Waals surface area contributed by atoms with Crippen molar-refractivity contribution in [3.63, 3.8) is 0 Å². The van der Waals surface area contributed by atoms with Crippen LogP contribution in [0.25, 0.3) is 22.4 Å². The molecule has 0 unspecified atom stereocenters. The average Bonchev–Trinajstić information content (AvgIpc) is 2.56. The van der Waals surface area contributed by atoms with E-state index in [1.165, 1.54) is 16.7 Å². The highest BCUT2D eigenvalue weighted by Gasteiger charge is 2.04. The molecule has 1 nitrogen and oxygen atoms in total. The molecule has 1 heteroatoms. The Morgan fingerprint density at radius 2 is 1.50 bits per heavy atom. The molecule has 3 aromatic rings. The predicted molar refractivity (Wildman–Crippen MR) is 93.7 cm³/mol. The second-order valence-electron chi connectivity index (χ2n) is 6.10. The van der Waals surface area contributed by atoms with Gasteiger partial charge in [-0.15, -0.1) is 0 Å². The summed E-state index contributed by atoms with van der Waals surface area (Å²) in [5.74, 6) is 0.661. The van der Waals surface area contributed by atoms with Crippen LogP contribution in [0.2, 0.25) is 0 Å². The van der Waals surface area contributed by atoms with Crippen molar-refractivity contribution in [2.24, 2.45) is 5.92 Å². The predicted octanol–water partition coefficient (Wildman–Crippen LogP) is 5.61. The van der Waals surface area contributed by atoms with Gasteiger partial charge < -0.3 is 0 Å². The summed E-state index contributed by atoms with van der Waals surface area (Å²) in [4.78, 5) is 4.64. The van der Waals surface area contributed by atoms with Crippen LogP contribution in [0.4, 0.5) is 0 Å². The van der Waals surface area contributed by atoms with Gasteiger partial charge >= 0.3 is 0 Å². The third-order valence-corrected chi connectivity index (χ3v) is 3.73. The van der Waals surface area contributed by atoms with Crippen LogP contribution < -0.4 is 0 Å². The Morgan fingerprint density at radius 1 is 0.773 bits per heavy atom. The highest BCUT2D eigenvalue weighted by Crippen LogP contribution is 2.25. The molecule has 0 radical (unpaired) electrons. The molecule has 0 spiro atoms. The molecular weight excluding hydrogens is 266 g/mol. The van der Waals surface area contributed by atoms with E-state index < -0.39 is 0 Å². The van der Waals surface area contributed by atoms with E-state index in [4.69, 9.17) is 0 Å². The van der Waals surface area contributed by atoms with Crippen LogP contribution in [-0.2, 0) is 6.42 Å². The van der Waals surface area contributed by atoms with Gasteiger partial charge in [-0.3, -0.25) is 4.98 Å². The van der Waals surface area contributed by atoms with Crippen LogP contribution in [-0.4, -0.2) is 4.98 Å².